The lowest BCUT2D eigenvalue weighted by atomic mass is 10.1. The van der Waals surface area contributed by atoms with Crippen LogP contribution in [0.1, 0.15) is 27.0 Å². The van der Waals surface area contributed by atoms with Crippen LogP contribution in [-0.4, -0.2) is 14.3 Å². The lowest BCUT2D eigenvalue weighted by Gasteiger charge is -2.12. The first kappa shape index (κ1) is 20.9. The molecule has 150 valence electrons. The second-order valence-electron chi connectivity index (χ2n) is 6.71. The Morgan fingerprint density at radius 3 is 2.34 bits per heavy atom. The number of amides is 1. The largest absolute Gasteiger partial charge is 0.348 e. The van der Waals surface area contributed by atoms with E-state index in [1.807, 2.05) is 50.2 Å². The minimum atomic E-state index is -3.87. The number of carbonyl (C=O) groups is 1. The van der Waals surface area contributed by atoms with Crippen molar-refractivity contribution in [1.82, 2.24) is 5.32 Å². The van der Waals surface area contributed by atoms with Gasteiger partial charge in [0.25, 0.3) is 15.9 Å². The number of halogens is 1. The fourth-order valence-corrected chi connectivity index (χ4v) is 4.02. The quantitative estimate of drug-likeness (QED) is 0.598. The maximum atomic E-state index is 12.8. The molecular formula is C22H21ClN2O3S. The summed E-state index contributed by atoms with van der Waals surface area (Å²) in [6, 6.07) is 18.8. The van der Waals surface area contributed by atoms with E-state index < -0.39 is 15.9 Å². The van der Waals surface area contributed by atoms with Crippen molar-refractivity contribution in [1.29, 1.82) is 0 Å². The SMILES string of the molecule is Cc1ccc(NS(=O)(=O)c2ccc(Cl)c(C(=O)NCc3ccccc3)c2)cc1C. The molecule has 2 N–H and O–H groups in total. The summed E-state index contributed by atoms with van der Waals surface area (Å²) in [6.45, 7) is 4.17. The molecule has 3 aromatic carbocycles. The molecule has 0 radical (unpaired) electrons. The van der Waals surface area contributed by atoms with E-state index in [2.05, 4.69) is 10.0 Å². The lowest BCUT2D eigenvalue weighted by molar-refractivity contribution is 0.0951. The summed E-state index contributed by atoms with van der Waals surface area (Å²) in [5.74, 6) is -0.443. The highest BCUT2D eigenvalue weighted by Gasteiger charge is 2.19. The summed E-state index contributed by atoms with van der Waals surface area (Å²) in [7, 11) is -3.87. The zero-order chi connectivity index (χ0) is 21.0. The molecule has 0 aliphatic carbocycles. The smallest absolute Gasteiger partial charge is 0.261 e. The van der Waals surface area contributed by atoms with Crippen LogP contribution in [0.15, 0.2) is 71.6 Å². The first-order valence-electron chi connectivity index (χ1n) is 8.98. The van der Waals surface area contributed by atoms with Gasteiger partial charge in [-0.1, -0.05) is 48.0 Å². The number of rotatable bonds is 6. The number of hydrogen-bond acceptors (Lipinski definition) is 3. The van der Waals surface area contributed by atoms with Gasteiger partial charge in [0.05, 0.1) is 15.5 Å². The van der Waals surface area contributed by atoms with E-state index in [9.17, 15) is 13.2 Å². The van der Waals surface area contributed by atoms with Gasteiger partial charge in [-0.05, 0) is 60.9 Å². The summed E-state index contributed by atoms with van der Waals surface area (Å²) in [4.78, 5) is 12.5. The number of hydrogen-bond donors (Lipinski definition) is 2. The van der Waals surface area contributed by atoms with Gasteiger partial charge in [-0.3, -0.25) is 9.52 Å². The van der Waals surface area contributed by atoms with E-state index in [-0.39, 0.29) is 15.5 Å². The number of benzene rings is 3. The molecule has 0 unspecified atom stereocenters. The molecule has 1 amide bonds. The second kappa shape index (κ2) is 8.68. The lowest BCUT2D eigenvalue weighted by Crippen LogP contribution is -2.23. The average molecular weight is 429 g/mol. The molecule has 7 heteroatoms. The van der Waals surface area contributed by atoms with Crippen LogP contribution in [-0.2, 0) is 16.6 Å². The van der Waals surface area contributed by atoms with Gasteiger partial charge in [-0.15, -0.1) is 0 Å². The highest BCUT2D eigenvalue weighted by atomic mass is 35.5. The first-order valence-corrected chi connectivity index (χ1v) is 10.8. The maximum Gasteiger partial charge on any atom is 0.261 e. The van der Waals surface area contributed by atoms with Crippen LogP contribution < -0.4 is 10.0 Å². The molecule has 0 aromatic heterocycles. The Balaban J connectivity index is 1.81. The minimum Gasteiger partial charge on any atom is -0.348 e. The Kier molecular flexibility index (Phi) is 6.25. The third-order valence-corrected chi connectivity index (χ3v) is 6.26. The van der Waals surface area contributed by atoms with Gasteiger partial charge in [0.1, 0.15) is 0 Å². The van der Waals surface area contributed by atoms with Crippen molar-refractivity contribution in [2.45, 2.75) is 25.3 Å². The molecule has 0 saturated carbocycles. The molecule has 3 rings (SSSR count). The van der Waals surface area contributed by atoms with Crippen molar-refractivity contribution in [2.75, 3.05) is 4.72 Å². The second-order valence-corrected chi connectivity index (χ2v) is 8.80. The van der Waals surface area contributed by atoms with E-state index >= 15 is 0 Å². The standard InChI is InChI=1S/C22H21ClN2O3S/c1-15-8-9-18(12-16(15)2)25-29(27,28)19-10-11-21(23)20(13-19)22(26)24-14-17-6-4-3-5-7-17/h3-13,25H,14H2,1-2H3,(H,24,26). The fourth-order valence-electron chi connectivity index (χ4n) is 2.74. The van der Waals surface area contributed by atoms with Crippen molar-refractivity contribution in [3.05, 3.63) is 94.0 Å². The zero-order valence-electron chi connectivity index (χ0n) is 16.1. The molecule has 0 saturated heterocycles. The summed E-state index contributed by atoms with van der Waals surface area (Å²) < 4.78 is 28.1. The summed E-state index contributed by atoms with van der Waals surface area (Å²) in [6.07, 6.45) is 0. The molecular weight excluding hydrogens is 408 g/mol. The normalized spacial score (nSPS) is 11.1. The molecule has 29 heavy (non-hydrogen) atoms. The van der Waals surface area contributed by atoms with Crippen molar-refractivity contribution in [2.24, 2.45) is 0 Å². The molecule has 0 fully saturated rings. The van der Waals surface area contributed by atoms with Gasteiger partial charge in [-0.25, -0.2) is 8.42 Å². The molecule has 5 nitrogen and oxygen atoms in total. The highest BCUT2D eigenvalue weighted by Crippen LogP contribution is 2.23. The Hall–Kier alpha value is -2.83. The molecule has 0 bridgehead atoms. The van der Waals surface area contributed by atoms with Crippen LogP contribution in [0.4, 0.5) is 5.69 Å². The monoisotopic (exact) mass is 428 g/mol. The molecule has 0 spiro atoms. The van der Waals surface area contributed by atoms with E-state index in [0.29, 0.717) is 12.2 Å². The van der Waals surface area contributed by atoms with Crippen LogP contribution in [0.5, 0.6) is 0 Å². The first-order chi connectivity index (χ1) is 13.8. The highest BCUT2D eigenvalue weighted by molar-refractivity contribution is 7.92. The maximum absolute atomic E-state index is 12.8. The Morgan fingerprint density at radius 1 is 0.931 bits per heavy atom. The van der Waals surface area contributed by atoms with Crippen molar-refractivity contribution < 1.29 is 13.2 Å². The summed E-state index contributed by atoms with van der Waals surface area (Å²) in [5.41, 5.74) is 3.53. The van der Waals surface area contributed by atoms with Gasteiger partial charge >= 0.3 is 0 Å². The van der Waals surface area contributed by atoms with Crippen LogP contribution >= 0.6 is 11.6 Å². The van der Waals surface area contributed by atoms with Crippen LogP contribution in [0.2, 0.25) is 5.02 Å². The molecule has 0 atom stereocenters. The van der Waals surface area contributed by atoms with E-state index in [1.54, 1.807) is 12.1 Å². The van der Waals surface area contributed by atoms with Gasteiger partial charge in [0.2, 0.25) is 0 Å². The number of carbonyl (C=O) groups excluding carboxylic acids is 1. The van der Waals surface area contributed by atoms with Crippen LogP contribution in [0, 0.1) is 13.8 Å². The van der Waals surface area contributed by atoms with E-state index in [0.717, 1.165) is 16.7 Å². The third kappa shape index (κ3) is 5.16. The molecule has 0 aliphatic heterocycles. The number of aryl methyl sites for hydroxylation is 2. The third-order valence-electron chi connectivity index (χ3n) is 4.55. The van der Waals surface area contributed by atoms with Crippen LogP contribution in [0.25, 0.3) is 0 Å². The van der Waals surface area contributed by atoms with E-state index in [1.165, 1.54) is 18.2 Å². The molecule has 3 aromatic rings. The van der Waals surface area contributed by atoms with Gasteiger partial charge in [0.15, 0.2) is 0 Å². The number of nitrogens with one attached hydrogen (secondary N) is 2. The van der Waals surface area contributed by atoms with E-state index in [4.69, 9.17) is 11.6 Å². The Morgan fingerprint density at radius 2 is 1.66 bits per heavy atom. The Labute approximate surface area is 175 Å². The minimum absolute atomic E-state index is 0.0370. The van der Waals surface area contributed by atoms with Gasteiger partial charge in [-0.2, -0.15) is 0 Å². The molecule has 0 heterocycles. The summed E-state index contributed by atoms with van der Waals surface area (Å²) >= 11 is 6.15. The molecule has 0 aliphatic rings. The fraction of sp³-hybridized carbons (Fsp3) is 0.136. The van der Waals surface area contributed by atoms with Crippen molar-refractivity contribution in [3.8, 4) is 0 Å². The van der Waals surface area contributed by atoms with Crippen molar-refractivity contribution in [3.63, 3.8) is 0 Å². The predicted octanol–water partition coefficient (Wildman–Crippen LogP) is 4.69. The average Bonchev–Trinajstić information content (AvgIpc) is 2.69. The van der Waals surface area contributed by atoms with Crippen molar-refractivity contribution >= 4 is 33.2 Å². The van der Waals surface area contributed by atoms with Crippen LogP contribution in [0.3, 0.4) is 0 Å². The number of anilines is 1. The zero-order valence-corrected chi connectivity index (χ0v) is 17.6. The topological polar surface area (TPSA) is 75.3 Å². The summed E-state index contributed by atoms with van der Waals surface area (Å²) in [5, 5.41) is 2.94. The van der Waals surface area contributed by atoms with Gasteiger partial charge < -0.3 is 5.32 Å². The van der Waals surface area contributed by atoms with Gasteiger partial charge in [0, 0.05) is 12.2 Å². The number of sulfonamides is 1. The predicted molar refractivity (Wildman–Crippen MR) is 116 cm³/mol. The Bertz CT molecular complexity index is 1150.